The van der Waals surface area contributed by atoms with Gasteiger partial charge in [-0.1, -0.05) is 83.3 Å². The molecule has 0 aliphatic carbocycles. The molecule has 0 unspecified atom stereocenters. The van der Waals surface area contributed by atoms with E-state index in [1.165, 1.54) is 9.40 Å². The summed E-state index contributed by atoms with van der Waals surface area (Å²) in [5.74, 6) is 0. The van der Waals surface area contributed by atoms with Gasteiger partial charge in [0.2, 0.25) is 0 Å². The smallest absolute Gasteiger partial charge is 0.195 e. The Morgan fingerprint density at radius 1 is 0.500 bits per heavy atom. The summed E-state index contributed by atoms with van der Waals surface area (Å²) in [7, 11) is 0. The van der Waals surface area contributed by atoms with E-state index in [1.54, 1.807) is 22.7 Å². The van der Waals surface area contributed by atoms with Crippen LogP contribution in [0.3, 0.4) is 0 Å². The van der Waals surface area contributed by atoms with E-state index < -0.39 is 0 Å². The first-order valence-corrected chi connectivity index (χ1v) is 14.0. The zero-order chi connectivity index (χ0) is 24.8. The maximum Gasteiger partial charge on any atom is 0.195 e. The molecule has 0 saturated carbocycles. The maximum absolute atomic E-state index is 5.09. The molecule has 9 rings (SSSR count). The molecular weight excluding hydrogens is 507 g/mol. The van der Waals surface area contributed by atoms with Crippen LogP contribution in [0, 0.1) is 0 Å². The Labute approximate surface area is 223 Å². The number of hydrogen-bond acceptors (Lipinski definition) is 5. The molecule has 5 aromatic heterocycles. The molecule has 0 amide bonds. The number of thiazole rings is 2. The van der Waals surface area contributed by atoms with Gasteiger partial charge in [-0.2, -0.15) is 0 Å². The quantitative estimate of drug-likeness (QED) is 0.228. The average Bonchev–Trinajstić information content (AvgIpc) is 3.72. The van der Waals surface area contributed by atoms with Gasteiger partial charge in [0.25, 0.3) is 0 Å². The number of fused-ring (bicyclic) bond motifs is 9. The largest absolute Gasteiger partial charge is 0.283 e. The Morgan fingerprint density at radius 2 is 1.03 bits per heavy atom. The van der Waals surface area contributed by atoms with E-state index in [0.29, 0.717) is 0 Å². The second-order valence-corrected chi connectivity index (χ2v) is 11.4. The number of benzene rings is 4. The van der Waals surface area contributed by atoms with E-state index in [0.717, 1.165) is 65.0 Å². The molecular formula is C31H17N5S2. The van der Waals surface area contributed by atoms with Crippen LogP contribution in [0.15, 0.2) is 103 Å². The number of rotatable bonds is 2. The molecule has 0 aliphatic rings. The van der Waals surface area contributed by atoms with Gasteiger partial charge in [0.1, 0.15) is 0 Å². The Hall–Kier alpha value is -4.59. The van der Waals surface area contributed by atoms with Crippen molar-refractivity contribution in [3.8, 4) is 10.3 Å². The van der Waals surface area contributed by atoms with Gasteiger partial charge in [0, 0.05) is 22.4 Å². The van der Waals surface area contributed by atoms with Crippen molar-refractivity contribution in [3.05, 3.63) is 103 Å². The molecule has 5 nitrogen and oxygen atoms in total. The van der Waals surface area contributed by atoms with E-state index in [9.17, 15) is 0 Å². The Morgan fingerprint density at radius 3 is 1.68 bits per heavy atom. The van der Waals surface area contributed by atoms with Gasteiger partial charge in [-0.15, -0.1) is 0 Å². The monoisotopic (exact) mass is 523 g/mol. The first kappa shape index (κ1) is 20.5. The molecule has 0 saturated heterocycles. The minimum Gasteiger partial charge on any atom is -0.283 e. The predicted octanol–water partition coefficient (Wildman–Crippen LogP) is 8.50. The van der Waals surface area contributed by atoms with Crippen molar-refractivity contribution >= 4 is 86.8 Å². The number of pyridine rings is 1. The van der Waals surface area contributed by atoms with Crippen LogP contribution in [-0.2, 0) is 0 Å². The van der Waals surface area contributed by atoms with Crippen LogP contribution in [0.1, 0.15) is 0 Å². The first-order valence-electron chi connectivity index (χ1n) is 12.4. The molecule has 0 aliphatic heterocycles. The van der Waals surface area contributed by atoms with E-state index in [2.05, 4.69) is 94.1 Å². The average molecular weight is 524 g/mol. The van der Waals surface area contributed by atoms with Gasteiger partial charge in [-0.05, 0) is 36.4 Å². The van der Waals surface area contributed by atoms with Crippen molar-refractivity contribution in [2.75, 3.05) is 0 Å². The van der Waals surface area contributed by atoms with E-state index >= 15 is 0 Å². The molecule has 0 N–H and O–H groups in total. The van der Waals surface area contributed by atoms with Crippen LogP contribution >= 0.6 is 22.7 Å². The zero-order valence-corrected chi connectivity index (χ0v) is 21.5. The van der Waals surface area contributed by atoms with Crippen LogP contribution in [0.4, 0.5) is 0 Å². The van der Waals surface area contributed by atoms with Gasteiger partial charge in [-0.3, -0.25) is 14.1 Å². The third-order valence-electron chi connectivity index (χ3n) is 7.26. The van der Waals surface area contributed by atoms with Gasteiger partial charge in [0.05, 0.1) is 48.0 Å². The fourth-order valence-corrected chi connectivity index (χ4v) is 7.61. The van der Waals surface area contributed by atoms with Crippen molar-refractivity contribution in [2.45, 2.75) is 0 Å². The number of hydrogen-bond donors (Lipinski definition) is 0. The molecule has 5 heterocycles. The van der Waals surface area contributed by atoms with Crippen molar-refractivity contribution in [3.63, 3.8) is 0 Å². The third kappa shape index (κ3) is 2.66. The summed E-state index contributed by atoms with van der Waals surface area (Å²) < 4.78 is 6.96. The Balaban J connectivity index is 1.53. The van der Waals surface area contributed by atoms with E-state index in [4.69, 9.17) is 15.0 Å². The summed E-state index contributed by atoms with van der Waals surface area (Å²) in [4.78, 5) is 15.2. The predicted molar refractivity (Wildman–Crippen MR) is 159 cm³/mol. The van der Waals surface area contributed by atoms with Crippen molar-refractivity contribution in [2.24, 2.45) is 0 Å². The van der Waals surface area contributed by atoms with Crippen molar-refractivity contribution in [1.82, 2.24) is 24.1 Å². The van der Waals surface area contributed by atoms with Gasteiger partial charge in [0.15, 0.2) is 10.3 Å². The maximum atomic E-state index is 5.09. The summed E-state index contributed by atoms with van der Waals surface area (Å²) in [6.07, 6.45) is 2.03. The summed E-state index contributed by atoms with van der Waals surface area (Å²) in [5.41, 5.74) is 7.36. The van der Waals surface area contributed by atoms with Crippen LogP contribution in [0.2, 0.25) is 0 Å². The number of para-hydroxylation sites is 4. The second kappa shape index (κ2) is 7.47. The molecule has 0 bridgehead atoms. The molecule has 0 fully saturated rings. The van der Waals surface area contributed by atoms with Crippen molar-refractivity contribution in [1.29, 1.82) is 0 Å². The molecule has 0 atom stereocenters. The normalized spacial score (nSPS) is 12.2. The highest BCUT2D eigenvalue weighted by atomic mass is 32.1. The first-order chi connectivity index (χ1) is 18.8. The summed E-state index contributed by atoms with van der Waals surface area (Å²) >= 11 is 3.42. The molecule has 38 heavy (non-hydrogen) atoms. The highest BCUT2D eigenvalue weighted by Crippen LogP contribution is 2.42. The number of aromatic nitrogens is 5. The fraction of sp³-hybridized carbons (Fsp3) is 0. The molecule has 178 valence electrons. The zero-order valence-electron chi connectivity index (χ0n) is 19.9. The minimum absolute atomic E-state index is 0.938. The van der Waals surface area contributed by atoms with Crippen LogP contribution < -0.4 is 0 Å². The van der Waals surface area contributed by atoms with Crippen LogP contribution in [0.5, 0.6) is 0 Å². The topological polar surface area (TPSA) is 48.5 Å². The SMILES string of the molecule is c1ccc2sc(-n3c4ccccc4c4cnc5c6ccccc6n(-c6nc7ccccc7s6)c5c43)nc2c1. The lowest BCUT2D eigenvalue weighted by atomic mass is 10.2. The molecule has 0 radical (unpaired) electrons. The van der Waals surface area contributed by atoms with Crippen molar-refractivity contribution < 1.29 is 0 Å². The lowest BCUT2D eigenvalue weighted by Gasteiger charge is -2.07. The molecule has 0 spiro atoms. The minimum atomic E-state index is 0.938. The van der Waals surface area contributed by atoms with E-state index in [-0.39, 0.29) is 0 Å². The summed E-state index contributed by atoms with van der Waals surface area (Å²) in [6, 6.07) is 33.7. The number of nitrogens with zero attached hydrogens (tertiary/aromatic N) is 5. The molecule has 9 aromatic rings. The van der Waals surface area contributed by atoms with Gasteiger partial charge in [-0.25, -0.2) is 9.97 Å². The highest BCUT2D eigenvalue weighted by molar-refractivity contribution is 7.21. The lowest BCUT2D eigenvalue weighted by Crippen LogP contribution is -1.98. The molecule has 7 heteroatoms. The van der Waals surface area contributed by atoms with Crippen LogP contribution in [-0.4, -0.2) is 24.1 Å². The lowest BCUT2D eigenvalue weighted by molar-refractivity contribution is 1.12. The Kier molecular flexibility index (Phi) is 4.03. The van der Waals surface area contributed by atoms with Crippen LogP contribution in [0.25, 0.3) is 74.4 Å². The Bertz CT molecular complexity index is 2140. The summed E-state index contributed by atoms with van der Waals surface area (Å²) in [5, 5.41) is 5.28. The second-order valence-electron chi connectivity index (χ2n) is 9.35. The van der Waals surface area contributed by atoms with E-state index in [1.807, 2.05) is 18.3 Å². The molecule has 4 aromatic carbocycles. The standard InChI is InChI=1S/C31H17N5S2/c1-5-13-23-18(9-1)20-17-32-27-19-10-2-6-14-24(19)36(31-34-22-12-4-8-16-26(22)38-31)29(27)28(20)35(23)30-33-21-11-3-7-15-25(21)37-30/h1-17H. The van der Waals surface area contributed by atoms with Gasteiger partial charge < -0.3 is 0 Å². The highest BCUT2D eigenvalue weighted by Gasteiger charge is 2.24. The third-order valence-corrected chi connectivity index (χ3v) is 9.30. The fourth-order valence-electron chi connectivity index (χ4n) is 5.64. The van der Waals surface area contributed by atoms with Gasteiger partial charge >= 0.3 is 0 Å². The summed E-state index contributed by atoms with van der Waals surface area (Å²) in [6.45, 7) is 0.